The SMILES string of the molecule is O.O=C1C=C(O)C(=O)C(S(=O)(=O)O)=C1. The van der Waals surface area contributed by atoms with Crippen LogP contribution < -0.4 is 0 Å². The molecule has 0 atom stereocenters. The normalized spacial score (nSPS) is 16.9. The van der Waals surface area contributed by atoms with Crippen LogP contribution in [0, 0.1) is 0 Å². The summed E-state index contributed by atoms with van der Waals surface area (Å²) in [6.45, 7) is 0. The van der Waals surface area contributed by atoms with E-state index in [9.17, 15) is 18.0 Å². The van der Waals surface area contributed by atoms with Crippen LogP contribution in [-0.2, 0) is 19.7 Å². The van der Waals surface area contributed by atoms with E-state index in [1.165, 1.54) is 0 Å². The number of hydrogen-bond acceptors (Lipinski definition) is 5. The Balaban J connectivity index is 0.00000169. The van der Waals surface area contributed by atoms with Crippen molar-refractivity contribution < 1.29 is 33.1 Å². The van der Waals surface area contributed by atoms with Crippen molar-refractivity contribution in [2.75, 3.05) is 0 Å². The van der Waals surface area contributed by atoms with E-state index < -0.39 is 32.3 Å². The maximum Gasteiger partial charge on any atom is 0.298 e. The summed E-state index contributed by atoms with van der Waals surface area (Å²) in [6, 6.07) is 0. The van der Waals surface area contributed by atoms with Gasteiger partial charge in [0.25, 0.3) is 10.1 Å². The van der Waals surface area contributed by atoms with Crippen LogP contribution in [0.4, 0.5) is 0 Å². The third kappa shape index (κ3) is 2.25. The monoisotopic (exact) mass is 222 g/mol. The van der Waals surface area contributed by atoms with E-state index in [4.69, 9.17) is 9.66 Å². The van der Waals surface area contributed by atoms with Gasteiger partial charge >= 0.3 is 0 Å². The zero-order valence-electron chi connectivity index (χ0n) is 6.59. The van der Waals surface area contributed by atoms with E-state index in [-0.39, 0.29) is 5.48 Å². The lowest BCUT2D eigenvalue weighted by molar-refractivity contribution is -0.116. The lowest BCUT2D eigenvalue weighted by Gasteiger charge is -2.05. The van der Waals surface area contributed by atoms with Gasteiger partial charge in [0.1, 0.15) is 4.91 Å². The summed E-state index contributed by atoms with van der Waals surface area (Å²) in [7, 11) is -4.75. The number of hydrogen-bond donors (Lipinski definition) is 2. The van der Waals surface area contributed by atoms with Gasteiger partial charge in [-0.2, -0.15) is 8.42 Å². The molecule has 14 heavy (non-hydrogen) atoms. The van der Waals surface area contributed by atoms with E-state index in [1.807, 2.05) is 0 Å². The highest BCUT2D eigenvalue weighted by molar-refractivity contribution is 7.91. The van der Waals surface area contributed by atoms with Gasteiger partial charge in [-0.15, -0.1) is 0 Å². The van der Waals surface area contributed by atoms with E-state index in [0.717, 1.165) is 0 Å². The third-order valence-corrected chi connectivity index (χ3v) is 2.15. The highest BCUT2D eigenvalue weighted by Crippen LogP contribution is 2.15. The lowest BCUT2D eigenvalue weighted by Crippen LogP contribution is -2.20. The molecule has 1 aliphatic carbocycles. The Labute approximate surface area is 78.4 Å². The van der Waals surface area contributed by atoms with Crippen LogP contribution in [0.1, 0.15) is 0 Å². The maximum atomic E-state index is 10.8. The number of ketones is 2. The molecule has 0 aromatic rings. The first-order chi connectivity index (χ1) is 5.82. The van der Waals surface area contributed by atoms with Gasteiger partial charge in [-0.25, -0.2) is 0 Å². The van der Waals surface area contributed by atoms with Crippen molar-refractivity contribution in [1.29, 1.82) is 0 Å². The summed E-state index contributed by atoms with van der Waals surface area (Å²) < 4.78 is 29.4. The van der Waals surface area contributed by atoms with E-state index >= 15 is 0 Å². The third-order valence-electron chi connectivity index (χ3n) is 1.29. The van der Waals surface area contributed by atoms with Gasteiger partial charge in [-0.1, -0.05) is 0 Å². The summed E-state index contributed by atoms with van der Waals surface area (Å²) in [5, 5.41) is 8.76. The Morgan fingerprint density at radius 1 is 1.14 bits per heavy atom. The standard InChI is InChI=1S/C6H4O6S.H2O/c7-3-1-4(8)6(9)5(2-3)13(10,11)12;/h1-2,8H,(H,10,11,12);1H2. The molecule has 0 aliphatic heterocycles. The summed E-state index contributed by atoms with van der Waals surface area (Å²) in [5.41, 5.74) is 0. The smallest absolute Gasteiger partial charge is 0.298 e. The Bertz CT molecular complexity index is 439. The second kappa shape index (κ2) is 3.70. The highest BCUT2D eigenvalue weighted by Gasteiger charge is 2.29. The molecule has 0 aromatic carbocycles. The fourth-order valence-corrected chi connectivity index (χ4v) is 1.36. The van der Waals surface area contributed by atoms with Gasteiger partial charge in [0.2, 0.25) is 5.78 Å². The summed E-state index contributed by atoms with van der Waals surface area (Å²) in [5.74, 6) is -3.16. The van der Waals surface area contributed by atoms with E-state index in [0.29, 0.717) is 12.2 Å². The average Bonchev–Trinajstić information content (AvgIpc) is 1.94. The molecule has 78 valence electrons. The molecule has 0 amide bonds. The summed E-state index contributed by atoms with van der Waals surface area (Å²) >= 11 is 0. The quantitative estimate of drug-likeness (QED) is 0.409. The first kappa shape index (κ1) is 12.5. The molecule has 0 radical (unpaired) electrons. The molecule has 7 nitrogen and oxygen atoms in total. The molecular weight excluding hydrogens is 216 g/mol. The fourth-order valence-electron chi connectivity index (χ4n) is 0.755. The predicted octanol–water partition coefficient (Wildman–Crippen LogP) is -1.47. The number of carbonyl (C=O) groups excluding carboxylic acids is 2. The van der Waals surface area contributed by atoms with Crippen molar-refractivity contribution in [3.63, 3.8) is 0 Å². The van der Waals surface area contributed by atoms with Gasteiger partial charge in [0.05, 0.1) is 0 Å². The summed E-state index contributed by atoms with van der Waals surface area (Å²) in [4.78, 5) is 20.4. The van der Waals surface area contributed by atoms with Crippen LogP contribution in [0.15, 0.2) is 22.8 Å². The minimum absolute atomic E-state index is 0. The van der Waals surface area contributed by atoms with Crippen LogP contribution in [0.3, 0.4) is 0 Å². The molecule has 1 rings (SSSR count). The zero-order chi connectivity index (χ0) is 10.2. The predicted molar refractivity (Wildman–Crippen MR) is 44.0 cm³/mol. The summed E-state index contributed by atoms with van der Waals surface area (Å²) in [6.07, 6.45) is 1.01. The second-order valence-electron chi connectivity index (χ2n) is 2.24. The van der Waals surface area contributed by atoms with Crippen LogP contribution in [0.2, 0.25) is 0 Å². The Kier molecular flexibility index (Phi) is 3.30. The Morgan fingerprint density at radius 2 is 1.64 bits per heavy atom. The number of Topliss-reactive ketones (excluding diaryl/α,β-unsaturated/α-hetero) is 1. The second-order valence-corrected chi connectivity index (χ2v) is 3.63. The molecule has 0 spiro atoms. The van der Waals surface area contributed by atoms with Gasteiger partial charge in [0, 0.05) is 12.2 Å². The van der Waals surface area contributed by atoms with Crippen molar-refractivity contribution >= 4 is 21.7 Å². The highest BCUT2D eigenvalue weighted by atomic mass is 32.2. The molecule has 0 unspecified atom stereocenters. The minimum Gasteiger partial charge on any atom is -0.504 e. The van der Waals surface area contributed by atoms with Crippen LogP contribution in [-0.4, -0.2) is 35.1 Å². The molecule has 0 saturated carbocycles. The number of aliphatic hydroxyl groups excluding tert-OH is 1. The van der Waals surface area contributed by atoms with Crippen molar-refractivity contribution in [2.24, 2.45) is 0 Å². The Morgan fingerprint density at radius 3 is 2.07 bits per heavy atom. The first-order valence-electron chi connectivity index (χ1n) is 3.01. The van der Waals surface area contributed by atoms with Crippen molar-refractivity contribution in [3.8, 4) is 0 Å². The van der Waals surface area contributed by atoms with Gasteiger partial charge in [-0.3, -0.25) is 14.1 Å². The Hall–Kier alpha value is -1.51. The van der Waals surface area contributed by atoms with E-state index in [1.54, 1.807) is 0 Å². The zero-order valence-corrected chi connectivity index (χ0v) is 7.41. The number of rotatable bonds is 1. The van der Waals surface area contributed by atoms with Gasteiger partial charge < -0.3 is 10.6 Å². The van der Waals surface area contributed by atoms with E-state index in [2.05, 4.69) is 0 Å². The number of allylic oxidation sites excluding steroid dienone is 3. The van der Waals surface area contributed by atoms with Gasteiger partial charge in [0.15, 0.2) is 11.5 Å². The fraction of sp³-hybridized carbons (Fsp3) is 0. The molecule has 1 aliphatic rings. The van der Waals surface area contributed by atoms with Crippen molar-refractivity contribution in [1.82, 2.24) is 0 Å². The maximum absolute atomic E-state index is 10.8. The largest absolute Gasteiger partial charge is 0.504 e. The molecule has 4 N–H and O–H groups in total. The molecule has 0 aromatic heterocycles. The van der Waals surface area contributed by atoms with Gasteiger partial charge in [-0.05, 0) is 0 Å². The van der Waals surface area contributed by atoms with Crippen LogP contribution >= 0.6 is 0 Å². The molecule has 8 heteroatoms. The molecular formula is C6H6O7S. The van der Waals surface area contributed by atoms with Crippen LogP contribution in [0.25, 0.3) is 0 Å². The molecule has 0 bridgehead atoms. The molecule has 0 saturated heterocycles. The first-order valence-corrected chi connectivity index (χ1v) is 4.45. The van der Waals surface area contributed by atoms with Crippen molar-refractivity contribution in [2.45, 2.75) is 0 Å². The number of aliphatic hydroxyl groups is 1. The number of carbonyl (C=O) groups is 2. The molecule has 0 fully saturated rings. The molecule has 0 heterocycles. The topological polar surface area (TPSA) is 140 Å². The average molecular weight is 222 g/mol. The lowest BCUT2D eigenvalue weighted by atomic mass is 10.1. The van der Waals surface area contributed by atoms with Crippen molar-refractivity contribution in [3.05, 3.63) is 22.8 Å². The van der Waals surface area contributed by atoms with Crippen LogP contribution in [0.5, 0.6) is 0 Å². The minimum atomic E-state index is -4.75.